The lowest BCUT2D eigenvalue weighted by atomic mass is 9.97. The SMILES string of the molecule is CCC(O)CC(c1nc(N)c2c(n1)OC(CC)C2)c1nc(N)c2c(n1)OC(CC)C2. The van der Waals surface area contributed by atoms with Gasteiger partial charge >= 0.3 is 0 Å². The molecule has 30 heavy (non-hydrogen) atoms. The van der Waals surface area contributed by atoms with E-state index in [1.807, 2.05) is 6.92 Å². The summed E-state index contributed by atoms with van der Waals surface area (Å²) in [6.07, 6.45) is 3.60. The lowest BCUT2D eigenvalue weighted by Crippen LogP contribution is -2.19. The van der Waals surface area contributed by atoms with Crippen molar-refractivity contribution in [2.75, 3.05) is 11.5 Å². The molecule has 0 aromatic carbocycles. The molecule has 4 rings (SSSR count). The first kappa shape index (κ1) is 20.6. The number of fused-ring (bicyclic) bond motifs is 2. The van der Waals surface area contributed by atoms with Gasteiger partial charge in [0.1, 0.15) is 35.5 Å². The zero-order valence-electron chi connectivity index (χ0n) is 17.8. The van der Waals surface area contributed by atoms with Crippen LogP contribution in [0.4, 0.5) is 11.6 Å². The molecule has 0 fully saturated rings. The van der Waals surface area contributed by atoms with Gasteiger partial charge in [-0.05, 0) is 25.7 Å². The van der Waals surface area contributed by atoms with Crippen LogP contribution >= 0.6 is 0 Å². The minimum Gasteiger partial charge on any atom is -0.474 e. The zero-order valence-corrected chi connectivity index (χ0v) is 17.8. The van der Waals surface area contributed by atoms with Crippen LogP contribution in [0.15, 0.2) is 0 Å². The molecule has 2 aromatic heterocycles. The molecule has 0 saturated heterocycles. The van der Waals surface area contributed by atoms with Gasteiger partial charge < -0.3 is 26.0 Å². The minimum atomic E-state index is -0.570. The number of nitrogens with two attached hydrogens (primary N) is 2. The Bertz CT molecular complexity index is 868. The number of hydrogen-bond donors (Lipinski definition) is 3. The van der Waals surface area contributed by atoms with E-state index in [0.717, 1.165) is 24.0 Å². The summed E-state index contributed by atoms with van der Waals surface area (Å²) in [5, 5.41) is 10.4. The molecule has 2 aromatic rings. The average Bonchev–Trinajstić information content (AvgIpc) is 3.35. The van der Waals surface area contributed by atoms with E-state index < -0.39 is 12.0 Å². The third kappa shape index (κ3) is 3.74. The maximum Gasteiger partial charge on any atom is 0.222 e. The molecular weight excluding hydrogens is 384 g/mol. The summed E-state index contributed by atoms with van der Waals surface area (Å²) in [5.74, 6) is 2.21. The molecule has 4 heterocycles. The van der Waals surface area contributed by atoms with Gasteiger partial charge in [-0.1, -0.05) is 20.8 Å². The van der Waals surface area contributed by atoms with E-state index in [1.54, 1.807) is 0 Å². The smallest absolute Gasteiger partial charge is 0.222 e. The molecule has 0 saturated carbocycles. The molecule has 0 radical (unpaired) electrons. The Morgan fingerprint density at radius 1 is 0.867 bits per heavy atom. The number of aliphatic hydroxyl groups is 1. The van der Waals surface area contributed by atoms with Gasteiger partial charge in [-0.25, -0.2) is 9.97 Å². The number of ether oxygens (including phenoxy) is 2. The molecule has 2 aliphatic rings. The average molecular weight is 415 g/mol. The Kier molecular flexibility index (Phi) is 5.64. The molecule has 0 amide bonds. The van der Waals surface area contributed by atoms with Crippen molar-refractivity contribution in [2.24, 2.45) is 0 Å². The van der Waals surface area contributed by atoms with Crippen molar-refractivity contribution < 1.29 is 14.6 Å². The molecule has 0 bridgehead atoms. The van der Waals surface area contributed by atoms with Crippen molar-refractivity contribution in [1.82, 2.24) is 19.9 Å². The third-order valence-electron chi connectivity index (χ3n) is 5.97. The first-order valence-electron chi connectivity index (χ1n) is 10.8. The summed E-state index contributed by atoms with van der Waals surface area (Å²) in [6.45, 7) is 6.04. The van der Waals surface area contributed by atoms with Crippen LogP contribution in [0.25, 0.3) is 0 Å². The molecule has 5 N–H and O–H groups in total. The van der Waals surface area contributed by atoms with Crippen molar-refractivity contribution in [3.63, 3.8) is 0 Å². The van der Waals surface area contributed by atoms with Gasteiger partial charge in [-0.3, -0.25) is 0 Å². The van der Waals surface area contributed by atoms with Gasteiger partial charge in [0.25, 0.3) is 0 Å². The van der Waals surface area contributed by atoms with E-state index in [1.165, 1.54) is 0 Å². The van der Waals surface area contributed by atoms with Crippen LogP contribution in [0.2, 0.25) is 0 Å². The quantitative estimate of drug-likeness (QED) is 0.621. The molecule has 3 unspecified atom stereocenters. The fourth-order valence-electron chi connectivity index (χ4n) is 3.96. The Balaban J connectivity index is 1.74. The summed E-state index contributed by atoms with van der Waals surface area (Å²) < 4.78 is 11.9. The standard InChI is InChI=1S/C21H30N6O3/c1-4-10(28)7-15(18-24-16(22)13-8-11(5-2)29-20(13)26-18)19-25-17(23)14-9-12(6-3)30-21(14)27-19/h10-12,15,28H,4-9H2,1-3H3,(H2,22,24,26)(H2,23,25,27). The monoisotopic (exact) mass is 414 g/mol. The van der Waals surface area contributed by atoms with E-state index >= 15 is 0 Å². The predicted molar refractivity (Wildman–Crippen MR) is 112 cm³/mol. The normalized spacial score (nSPS) is 21.5. The largest absolute Gasteiger partial charge is 0.474 e. The van der Waals surface area contributed by atoms with E-state index in [2.05, 4.69) is 33.8 Å². The van der Waals surface area contributed by atoms with Gasteiger partial charge in [0.15, 0.2) is 0 Å². The molecule has 0 spiro atoms. The number of aromatic nitrogens is 4. The zero-order chi connectivity index (χ0) is 21.4. The minimum absolute atomic E-state index is 0.0535. The lowest BCUT2D eigenvalue weighted by Gasteiger charge is -2.19. The highest BCUT2D eigenvalue weighted by atomic mass is 16.5. The summed E-state index contributed by atoms with van der Waals surface area (Å²) in [7, 11) is 0. The molecule has 9 heteroatoms. The second-order valence-electron chi connectivity index (χ2n) is 8.06. The molecule has 162 valence electrons. The number of aliphatic hydroxyl groups excluding tert-OH is 1. The molecule has 9 nitrogen and oxygen atoms in total. The van der Waals surface area contributed by atoms with Gasteiger partial charge in [0.2, 0.25) is 11.8 Å². The fourth-order valence-corrected chi connectivity index (χ4v) is 3.96. The van der Waals surface area contributed by atoms with Crippen LogP contribution < -0.4 is 20.9 Å². The van der Waals surface area contributed by atoms with Crippen LogP contribution in [0, 0.1) is 0 Å². The lowest BCUT2D eigenvalue weighted by molar-refractivity contribution is 0.152. The summed E-state index contributed by atoms with van der Waals surface area (Å²) in [4.78, 5) is 18.4. The Hall–Kier alpha value is -2.68. The maximum atomic E-state index is 10.4. The van der Waals surface area contributed by atoms with Crippen LogP contribution in [0.3, 0.4) is 0 Å². The molecule has 3 atom stereocenters. The Morgan fingerprint density at radius 3 is 1.73 bits per heavy atom. The summed E-state index contributed by atoms with van der Waals surface area (Å²) >= 11 is 0. The highest BCUT2D eigenvalue weighted by Gasteiger charge is 2.33. The number of hydrogen-bond acceptors (Lipinski definition) is 9. The summed E-state index contributed by atoms with van der Waals surface area (Å²) in [5.41, 5.74) is 14.2. The van der Waals surface area contributed by atoms with Crippen LogP contribution in [0.5, 0.6) is 11.8 Å². The van der Waals surface area contributed by atoms with Crippen LogP contribution in [-0.4, -0.2) is 43.4 Å². The van der Waals surface area contributed by atoms with E-state index in [4.69, 9.17) is 20.9 Å². The van der Waals surface area contributed by atoms with Crippen molar-refractivity contribution in [2.45, 2.75) is 83.5 Å². The number of anilines is 2. The highest BCUT2D eigenvalue weighted by molar-refractivity contribution is 5.51. The Morgan fingerprint density at radius 2 is 1.33 bits per heavy atom. The summed E-state index contributed by atoms with van der Waals surface area (Å²) in [6, 6.07) is 0. The van der Waals surface area contributed by atoms with E-state index in [-0.39, 0.29) is 12.2 Å². The van der Waals surface area contributed by atoms with Gasteiger partial charge in [-0.15, -0.1) is 0 Å². The van der Waals surface area contributed by atoms with Crippen LogP contribution in [-0.2, 0) is 12.8 Å². The fraction of sp³-hybridized carbons (Fsp3) is 0.619. The maximum absolute atomic E-state index is 10.4. The van der Waals surface area contributed by atoms with Gasteiger partial charge in [-0.2, -0.15) is 9.97 Å². The molecule has 2 aliphatic heterocycles. The number of nitrogens with zero attached hydrogens (tertiary/aromatic N) is 4. The number of nitrogen functional groups attached to an aromatic ring is 2. The highest BCUT2D eigenvalue weighted by Crippen LogP contribution is 2.37. The number of rotatable bonds is 7. The second kappa shape index (κ2) is 8.22. The van der Waals surface area contributed by atoms with Crippen molar-refractivity contribution in [3.8, 4) is 11.8 Å². The Labute approximate surface area is 176 Å². The topological polar surface area (TPSA) is 142 Å². The van der Waals surface area contributed by atoms with Gasteiger partial charge in [0, 0.05) is 12.8 Å². The van der Waals surface area contributed by atoms with E-state index in [0.29, 0.717) is 60.7 Å². The predicted octanol–water partition coefficient (Wildman–Crippen LogP) is 2.15. The van der Waals surface area contributed by atoms with Gasteiger partial charge in [0.05, 0.1) is 23.1 Å². The third-order valence-corrected chi connectivity index (χ3v) is 5.97. The van der Waals surface area contributed by atoms with Crippen LogP contribution in [0.1, 0.15) is 75.1 Å². The first-order chi connectivity index (χ1) is 14.4. The van der Waals surface area contributed by atoms with Crippen molar-refractivity contribution in [1.29, 1.82) is 0 Å². The van der Waals surface area contributed by atoms with Crippen molar-refractivity contribution >= 4 is 11.6 Å². The first-order valence-corrected chi connectivity index (χ1v) is 10.8. The molecular formula is C21H30N6O3. The second-order valence-corrected chi connectivity index (χ2v) is 8.06. The van der Waals surface area contributed by atoms with E-state index in [9.17, 15) is 5.11 Å². The van der Waals surface area contributed by atoms with Crippen molar-refractivity contribution in [3.05, 3.63) is 22.8 Å². The molecule has 0 aliphatic carbocycles.